The molecule has 0 unspecified atom stereocenters. The van der Waals surface area contributed by atoms with Crippen LogP contribution in [-0.2, 0) is 10.0 Å². The second-order valence-corrected chi connectivity index (χ2v) is 8.89. The lowest BCUT2D eigenvalue weighted by Crippen LogP contribution is -2.35. The molecule has 0 radical (unpaired) electrons. The van der Waals surface area contributed by atoms with E-state index in [1.165, 1.54) is 0 Å². The Bertz CT molecular complexity index is 991. The van der Waals surface area contributed by atoms with Gasteiger partial charge < -0.3 is 4.42 Å². The topological polar surface area (TPSA) is 63.4 Å². The Morgan fingerprint density at radius 3 is 2.56 bits per heavy atom. The van der Waals surface area contributed by atoms with Crippen LogP contribution in [0.2, 0.25) is 0 Å². The predicted molar refractivity (Wildman–Crippen MR) is 99.8 cm³/mol. The van der Waals surface area contributed by atoms with Crippen molar-refractivity contribution < 1.29 is 12.8 Å². The van der Waals surface area contributed by atoms with Gasteiger partial charge in [0.1, 0.15) is 5.52 Å². The quantitative estimate of drug-likeness (QED) is 0.628. The summed E-state index contributed by atoms with van der Waals surface area (Å²) in [7, 11) is -3.50. The molecule has 0 N–H and O–H groups in total. The van der Waals surface area contributed by atoms with E-state index < -0.39 is 10.0 Å². The maximum atomic E-state index is 12.9. The summed E-state index contributed by atoms with van der Waals surface area (Å²) in [6.07, 6.45) is 2.90. The van der Waals surface area contributed by atoms with Gasteiger partial charge in [0.05, 0.1) is 10.5 Å². The summed E-state index contributed by atoms with van der Waals surface area (Å²) in [6.45, 7) is 1.16. The highest BCUT2D eigenvalue weighted by Gasteiger charge is 2.27. The SMILES string of the molecule is O=S(=O)(c1ccc(Br)c(-c2nc3ccccc3o2)c1)N1CCCCC1. The normalized spacial score (nSPS) is 16.4. The fraction of sp³-hybridized carbons (Fsp3) is 0.278. The standard InChI is InChI=1S/C18H17BrN2O3S/c19-15-9-8-13(25(22,23)21-10-4-1-5-11-21)12-14(15)18-20-16-6-2-3-7-17(16)24-18/h2-3,6-9,12H,1,4-5,10-11H2. The van der Waals surface area contributed by atoms with Crippen molar-refractivity contribution in [2.75, 3.05) is 13.1 Å². The van der Waals surface area contributed by atoms with Crippen molar-refractivity contribution >= 4 is 37.1 Å². The molecule has 0 atom stereocenters. The first-order chi connectivity index (χ1) is 12.1. The van der Waals surface area contributed by atoms with Gasteiger partial charge in [-0.3, -0.25) is 0 Å². The second kappa shape index (κ2) is 6.55. The van der Waals surface area contributed by atoms with E-state index in [1.807, 2.05) is 24.3 Å². The van der Waals surface area contributed by atoms with Crippen LogP contribution in [-0.4, -0.2) is 30.8 Å². The molecular formula is C18H17BrN2O3S. The van der Waals surface area contributed by atoms with Gasteiger partial charge in [0.15, 0.2) is 5.58 Å². The molecule has 2 aromatic carbocycles. The number of oxazole rings is 1. The number of rotatable bonds is 3. The average Bonchev–Trinajstić information content (AvgIpc) is 3.06. The molecule has 1 fully saturated rings. The van der Waals surface area contributed by atoms with E-state index in [0.717, 1.165) is 29.3 Å². The van der Waals surface area contributed by atoms with Gasteiger partial charge in [0, 0.05) is 17.6 Å². The Kier molecular flexibility index (Phi) is 4.39. The molecule has 1 saturated heterocycles. The van der Waals surface area contributed by atoms with Crippen LogP contribution in [0.4, 0.5) is 0 Å². The van der Waals surface area contributed by atoms with Crippen molar-refractivity contribution in [2.45, 2.75) is 24.2 Å². The first kappa shape index (κ1) is 16.8. The van der Waals surface area contributed by atoms with Crippen LogP contribution in [0.25, 0.3) is 22.6 Å². The third kappa shape index (κ3) is 3.12. The predicted octanol–water partition coefficient (Wildman–Crippen LogP) is 4.43. The number of sulfonamides is 1. The minimum atomic E-state index is -3.50. The van der Waals surface area contributed by atoms with Gasteiger partial charge in [0.2, 0.25) is 15.9 Å². The zero-order valence-corrected chi connectivity index (χ0v) is 15.9. The van der Waals surface area contributed by atoms with E-state index in [4.69, 9.17) is 4.42 Å². The van der Waals surface area contributed by atoms with Gasteiger partial charge in [-0.15, -0.1) is 0 Å². The summed E-state index contributed by atoms with van der Waals surface area (Å²) in [5, 5.41) is 0. The molecule has 1 aromatic heterocycles. The maximum Gasteiger partial charge on any atom is 0.243 e. The summed E-state index contributed by atoms with van der Waals surface area (Å²) < 4.78 is 33.9. The number of piperidine rings is 1. The van der Waals surface area contributed by atoms with Crippen molar-refractivity contribution in [2.24, 2.45) is 0 Å². The number of para-hydroxylation sites is 2. The van der Waals surface area contributed by atoms with Crippen LogP contribution in [0.15, 0.2) is 56.2 Å². The number of nitrogens with zero attached hydrogens (tertiary/aromatic N) is 2. The Balaban J connectivity index is 1.78. The van der Waals surface area contributed by atoms with Crippen LogP contribution >= 0.6 is 15.9 Å². The molecular weight excluding hydrogens is 404 g/mol. The number of hydrogen-bond donors (Lipinski definition) is 0. The molecule has 0 saturated carbocycles. The maximum absolute atomic E-state index is 12.9. The summed E-state index contributed by atoms with van der Waals surface area (Å²) in [4.78, 5) is 4.75. The number of fused-ring (bicyclic) bond motifs is 1. The monoisotopic (exact) mass is 420 g/mol. The zero-order valence-electron chi connectivity index (χ0n) is 13.5. The molecule has 1 aliphatic heterocycles. The van der Waals surface area contributed by atoms with Gasteiger partial charge in [-0.25, -0.2) is 13.4 Å². The molecule has 0 aliphatic carbocycles. The van der Waals surface area contributed by atoms with E-state index >= 15 is 0 Å². The fourth-order valence-corrected chi connectivity index (χ4v) is 5.03. The second-order valence-electron chi connectivity index (χ2n) is 6.09. The van der Waals surface area contributed by atoms with Crippen molar-refractivity contribution in [3.63, 3.8) is 0 Å². The third-order valence-corrected chi connectivity index (χ3v) is 7.00. The van der Waals surface area contributed by atoms with Crippen LogP contribution in [0.1, 0.15) is 19.3 Å². The lowest BCUT2D eigenvalue weighted by molar-refractivity contribution is 0.346. The number of hydrogen-bond acceptors (Lipinski definition) is 4. The minimum Gasteiger partial charge on any atom is -0.436 e. The van der Waals surface area contributed by atoms with Crippen LogP contribution in [0.5, 0.6) is 0 Å². The molecule has 0 spiro atoms. The largest absolute Gasteiger partial charge is 0.436 e. The van der Waals surface area contributed by atoms with E-state index in [1.54, 1.807) is 22.5 Å². The molecule has 4 rings (SSSR count). The molecule has 0 bridgehead atoms. The third-order valence-electron chi connectivity index (χ3n) is 4.41. The smallest absolute Gasteiger partial charge is 0.243 e. The first-order valence-electron chi connectivity index (χ1n) is 8.21. The number of aromatic nitrogens is 1. The van der Waals surface area contributed by atoms with Crippen LogP contribution in [0, 0.1) is 0 Å². The van der Waals surface area contributed by atoms with E-state index in [-0.39, 0.29) is 4.90 Å². The summed E-state index contributed by atoms with van der Waals surface area (Å²) >= 11 is 3.48. The first-order valence-corrected chi connectivity index (χ1v) is 10.4. The van der Waals surface area contributed by atoms with E-state index in [9.17, 15) is 8.42 Å². The highest BCUT2D eigenvalue weighted by atomic mass is 79.9. The van der Waals surface area contributed by atoms with Crippen LogP contribution in [0.3, 0.4) is 0 Å². The Labute approximate surface area is 154 Å². The number of benzene rings is 2. The Morgan fingerprint density at radius 2 is 1.80 bits per heavy atom. The molecule has 0 amide bonds. The highest BCUT2D eigenvalue weighted by molar-refractivity contribution is 9.10. The molecule has 130 valence electrons. The number of halogens is 1. The van der Waals surface area contributed by atoms with Crippen molar-refractivity contribution in [3.05, 3.63) is 46.9 Å². The minimum absolute atomic E-state index is 0.273. The fourth-order valence-electron chi connectivity index (χ4n) is 3.07. The van der Waals surface area contributed by atoms with Gasteiger partial charge in [-0.2, -0.15) is 4.31 Å². The molecule has 3 aromatic rings. The highest BCUT2D eigenvalue weighted by Crippen LogP contribution is 2.33. The van der Waals surface area contributed by atoms with Gasteiger partial charge in [-0.05, 0) is 59.1 Å². The lowest BCUT2D eigenvalue weighted by atomic mass is 10.2. The Hall–Kier alpha value is -1.70. The summed E-state index contributed by atoms with van der Waals surface area (Å²) in [6, 6.07) is 12.5. The van der Waals surface area contributed by atoms with Crippen molar-refractivity contribution in [3.8, 4) is 11.5 Å². The lowest BCUT2D eigenvalue weighted by Gasteiger charge is -2.26. The zero-order chi connectivity index (χ0) is 17.4. The molecule has 2 heterocycles. The van der Waals surface area contributed by atoms with Gasteiger partial charge in [-0.1, -0.05) is 18.6 Å². The van der Waals surface area contributed by atoms with Gasteiger partial charge in [0.25, 0.3) is 0 Å². The van der Waals surface area contributed by atoms with E-state index in [2.05, 4.69) is 20.9 Å². The van der Waals surface area contributed by atoms with Gasteiger partial charge >= 0.3 is 0 Å². The van der Waals surface area contributed by atoms with Crippen molar-refractivity contribution in [1.82, 2.24) is 9.29 Å². The average molecular weight is 421 g/mol. The van der Waals surface area contributed by atoms with Crippen LogP contribution < -0.4 is 0 Å². The molecule has 7 heteroatoms. The molecule has 1 aliphatic rings. The molecule has 5 nitrogen and oxygen atoms in total. The Morgan fingerprint density at radius 1 is 1.04 bits per heavy atom. The van der Waals surface area contributed by atoms with Crippen molar-refractivity contribution in [1.29, 1.82) is 0 Å². The van der Waals surface area contributed by atoms with E-state index in [0.29, 0.717) is 30.1 Å². The summed E-state index contributed by atoms with van der Waals surface area (Å²) in [5.41, 5.74) is 2.05. The molecule has 25 heavy (non-hydrogen) atoms. The summed E-state index contributed by atoms with van der Waals surface area (Å²) in [5.74, 6) is 0.406.